The van der Waals surface area contributed by atoms with Gasteiger partial charge in [0.15, 0.2) is 0 Å². The molecule has 1 unspecified atom stereocenters. The molecular formula is C9H16F2O. The Kier molecular flexibility index (Phi) is 3.92. The summed E-state index contributed by atoms with van der Waals surface area (Å²) in [7, 11) is 0. The van der Waals surface area contributed by atoms with E-state index in [1.165, 1.54) is 0 Å². The zero-order valence-corrected chi connectivity index (χ0v) is 7.18. The zero-order chi connectivity index (χ0) is 8.97. The van der Waals surface area contributed by atoms with Gasteiger partial charge in [0.2, 0.25) is 0 Å². The second-order valence-corrected chi connectivity index (χ2v) is 3.58. The lowest BCUT2D eigenvalue weighted by Gasteiger charge is -2.19. The van der Waals surface area contributed by atoms with E-state index >= 15 is 0 Å². The van der Waals surface area contributed by atoms with Crippen molar-refractivity contribution in [1.82, 2.24) is 0 Å². The predicted octanol–water partition coefficient (Wildman–Crippen LogP) is 2.58. The Morgan fingerprint density at radius 1 is 1.00 bits per heavy atom. The molecule has 0 radical (unpaired) electrons. The van der Waals surface area contributed by atoms with Crippen LogP contribution in [0.25, 0.3) is 0 Å². The van der Waals surface area contributed by atoms with Crippen molar-refractivity contribution in [3.05, 3.63) is 0 Å². The van der Waals surface area contributed by atoms with Gasteiger partial charge in [-0.25, -0.2) is 8.78 Å². The molecule has 0 spiro atoms. The smallest absolute Gasteiger partial charge is 0.264 e. The predicted molar refractivity (Wildman–Crippen MR) is 43.2 cm³/mol. The first-order valence-corrected chi connectivity index (χ1v) is 4.68. The van der Waals surface area contributed by atoms with Crippen molar-refractivity contribution in [1.29, 1.82) is 0 Å². The van der Waals surface area contributed by atoms with Crippen molar-refractivity contribution in [2.45, 2.75) is 51.1 Å². The number of rotatable bonds is 2. The largest absolute Gasteiger partial charge is 0.387 e. The molecule has 0 aliphatic heterocycles. The molecule has 0 heterocycles. The van der Waals surface area contributed by atoms with Gasteiger partial charge in [0, 0.05) is 0 Å². The Labute approximate surface area is 71.8 Å². The summed E-state index contributed by atoms with van der Waals surface area (Å²) in [4.78, 5) is 0. The highest BCUT2D eigenvalue weighted by molar-refractivity contribution is 4.73. The molecule has 72 valence electrons. The van der Waals surface area contributed by atoms with E-state index < -0.39 is 12.5 Å². The van der Waals surface area contributed by atoms with Crippen LogP contribution in [0.5, 0.6) is 0 Å². The molecule has 3 heteroatoms. The Balaban J connectivity index is 2.37. The number of hydrogen-bond donors (Lipinski definition) is 1. The highest BCUT2D eigenvalue weighted by Gasteiger charge is 2.27. The van der Waals surface area contributed by atoms with E-state index in [0.29, 0.717) is 0 Å². The van der Waals surface area contributed by atoms with Crippen LogP contribution in [-0.4, -0.2) is 17.6 Å². The SMILES string of the molecule is OC(C(F)F)C1CCCCCC1. The van der Waals surface area contributed by atoms with Crippen LogP contribution in [0.2, 0.25) is 0 Å². The molecule has 0 saturated heterocycles. The van der Waals surface area contributed by atoms with Crippen molar-refractivity contribution in [2.75, 3.05) is 0 Å². The van der Waals surface area contributed by atoms with Gasteiger partial charge >= 0.3 is 0 Å². The van der Waals surface area contributed by atoms with Gasteiger partial charge in [0.05, 0.1) is 0 Å². The van der Waals surface area contributed by atoms with E-state index in [4.69, 9.17) is 5.11 Å². The summed E-state index contributed by atoms with van der Waals surface area (Å²) in [5.41, 5.74) is 0. The zero-order valence-electron chi connectivity index (χ0n) is 7.18. The topological polar surface area (TPSA) is 20.2 Å². The van der Waals surface area contributed by atoms with E-state index in [1.807, 2.05) is 0 Å². The van der Waals surface area contributed by atoms with Crippen molar-refractivity contribution < 1.29 is 13.9 Å². The third-order valence-corrected chi connectivity index (χ3v) is 2.64. The summed E-state index contributed by atoms with van der Waals surface area (Å²) in [6, 6.07) is 0. The molecule has 12 heavy (non-hydrogen) atoms. The first kappa shape index (κ1) is 9.90. The van der Waals surface area contributed by atoms with Crippen LogP contribution in [0.3, 0.4) is 0 Å². The monoisotopic (exact) mass is 178 g/mol. The third-order valence-electron chi connectivity index (χ3n) is 2.64. The number of aliphatic hydroxyl groups is 1. The minimum Gasteiger partial charge on any atom is -0.387 e. The maximum absolute atomic E-state index is 12.1. The van der Waals surface area contributed by atoms with Crippen LogP contribution in [0, 0.1) is 5.92 Å². The molecule has 0 aromatic carbocycles. The van der Waals surface area contributed by atoms with Crippen molar-refractivity contribution in [3.63, 3.8) is 0 Å². The quantitative estimate of drug-likeness (QED) is 0.644. The normalized spacial score (nSPS) is 24.0. The fourth-order valence-electron chi connectivity index (χ4n) is 1.86. The van der Waals surface area contributed by atoms with Gasteiger partial charge in [-0.2, -0.15) is 0 Å². The van der Waals surface area contributed by atoms with Gasteiger partial charge in [-0.05, 0) is 18.8 Å². The van der Waals surface area contributed by atoms with Crippen molar-refractivity contribution in [3.8, 4) is 0 Å². The van der Waals surface area contributed by atoms with Gasteiger partial charge in [0.25, 0.3) is 6.43 Å². The Bertz CT molecular complexity index is 120. The molecule has 1 nitrogen and oxygen atoms in total. The van der Waals surface area contributed by atoms with Gasteiger partial charge < -0.3 is 5.11 Å². The Morgan fingerprint density at radius 2 is 1.50 bits per heavy atom. The lowest BCUT2D eigenvalue weighted by Crippen LogP contribution is -2.27. The van der Waals surface area contributed by atoms with Gasteiger partial charge in [0.1, 0.15) is 6.10 Å². The molecule has 1 saturated carbocycles. The minimum absolute atomic E-state index is 0.160. The van der Waals surface area contributed by atoms with Crippen LogP contribution in [0.4, 0.5) is 8.78 Å². The highest BCUT2D eigenvalue weighted by atomic mass is 19.3. The number of alkyl halides is 2. The van der Waals surface area contributed by atoms with Gasteiger partial charge in [-0.15, -0.1) is 0 Å². The molecule has 0 amide bonds. The molecule has 0 aromatic heterocycles. The molecular weight excluding hydrogens is 162 g/mol. The van der Waals surface area contributed by atoms with Crippen LogP contribution >= 0.6 is 0 Å². The van der Waals surface area contributed by atoms with Crippen molar-refractivity contribution >= 4 is 0 Å². The van der Waals surface area contributed by atoms with Gasteiger partial charge in [-0.3, -0.25) is 0 Å². The fraction of sp³-hybridized carbons (Fsp3) is 1.00. The second kappa shape index (κ2) is 4.75. The van der Waals surface area contributed by atoms with Crippen LogP contribution in [0.15, 0.2) is 0 Å². The number of hydrogen-bond acceptors (Lipinski definition) is 1. The Hall–Kier alpha value is -0.180. The second-order valence-electron chi connectivity index (χ2n) is 3.58. The van der Waals surface area contributed by atoms with E-state index in [-0.39, 0.29) is 5.92 Å². The summed E-state index contributed by atoms with van der Waals surface area (Å²) in [5, 5.41) is 9.13. The van der Waals surface area contributed by atoms with Gasteiger partial charge in [-0.1, -0.05) is 25.7 Å². The average molecular weight is 178 g/mol. The molecule has 1 atom stereocenters. The van der Waals surface area contributed by atoms with Crippen LogP contribution in [0.1, 0.15) is 38.5 Å². The van der Waals surface area contributed by atoms with E-state index in [2.05, 4.69) is 0 Å². The molecule has 0 bridgehead atoms. The minimum atomic E-state index is -2.56. The maximum Gasteiger partial charge on any atom is 0.264 e. The van der Waals surface area contributed by atoms with E-state index in [9.17, 15) is 8.78 Å². The summed E-state index contributed by atoms with van der Waals surface area (Å²) in [6.07, 6.45) is 1.84. The fourth-order valence-corrected chi connectivity index (χ4v) is 1.86. The molecule has 1 aliphatic carbocycles. The summed E-state index contributed by atoms with van der Waals surface area (Å²) >= 11 is 0. The molecule has 0 aromatic rings. The van der Waals surface area contributed by atoms with E-state index in [0.717, 1.165) is 38.5 Å². The molecule has 1 rings (SSSR count). The standard InChI is InChI=1S/C9H16F2O/c10-9(11)8(12)7-5-3-1-2-4-6-7/h7-9,12H,1-6H2. The first-order valence-electron chi connectivity index (χ1n) is 4.68. The van der Waals surface area contributed by atoms with Crippen molar-refractivity contribution in [2.24, 2.45) is 5.92 Å². The lowest BCUT2D eigenvalue weighted by atomic mass is 9.94. The number of aliphatic hydroxyl groups excluding tert-OH is 1. The highest BCUT2D eigenvalue weighted by Crippen LogP contribution is 2.27. The lowest BCUT2D eigenvalue weighted by molar-refractivity contribution is -0.0422. The Morgan fingerprint density at radius 3 is 1.92 bits per heavy atom. The average Bonchev–Trinajstić information content (AvgIpc) is 2.30. The molecule has 1 aliphatic rings. The van der Waals surface area contributed by atoms with Crippen LogP contribution in [-0.2, 0) is 0 Å². The van der Waals surface area contributed by atoms with Crippen LogP contribution < -0.4 is 0 Å². The summed E-state index contributed by atoms with van der Waals surface area (Å²) in [5.74, 6) is -0.160. The molecule has 1 N–H and O–H groups in total. The van der Waals surface area contributed by atoms with E-state index in [1.54, 1.807) is 0 Å². The summed E-state index contributed by atoms with van der Waals surface area (Å²) < 4.78 is 24.2. The number of halogens is 2. The summed E-state index contributed by atoms with van der Waals surface area (Å²) in [6.45, 7) is 0. The maximum atomic E-state index is 12.1. The first-order chi connectivity index (χ1) is 5.72. The molecule has 1 fully saturated rings. The third kappa shape index (κ3) is 2.70.